The van der Waals surface area contributed by atoms with Crippen molar-refractivity contribution in [2.24, 2.45) is 0 Å². The maximum atomic E-state index is 4.80. The van der Waals surface area contributed by atoms with Crippen LogP contribution < -0.4 is 10.6 Å². The summed E-state index contributed by atoms with van der Waals surface area (Å²) in [6, 6.07) is 0. The van der Waals surface area contributed by atoms with E-state index in [1.54, 1.807) is 0 Å². The highest BCUT2D eigenvalue weighted by Crippen LogP contribution is 1.94. The largest absolute Gasteiger partial charge is 0.362 e. The summed E-state index contributed by atoms with van der Waals surface area (Å²) < 4.78 is 0. The molecule has 0 unspecified atom stereocenters. The predicted octanol–water partition coefficient (Wildman–Crippen LogP) is 0.368. The van der Waals surface area contributed by atoms with Gasteiger partial charge in [-0.2, -0.15) is 0 Å². The molecule has 1 saturated heterocycles. The zero-order chi connectivity index (χ0) is 5.98. The summed E-state index contributed by atoms with van der Waals surface area (Å²) in [6.45, 7) is 4.65. The highest BCUT2D eigenvalue weighted by atomic mass is 32.1. The molecular weight excluding hydrogens is 120 g/mol. The third kappa shape index (κ3) is 1.20. The van der Waals surface area contributed by atoms with Gasteiger partial charge in [0.2, 0.25) is 0 Å². The van der Waals surface area contributed by atoms with Gasteiger partial charge in [0.1, 0.15) is 0 Å². The van der Waals surface area contributed by atoms with Gasteiger partial charge in [0.05, 0.1) is 0 Å². The summed E-state index contributed by atoms with van der Waals surface area (Å²) in [6.07, 6.45) is 0.972. The van der Waals surface area contributed by atoms with Crippen molar-refractivity contribution in [2.45, 2.75) is 6.42 Å². The molecule has 1 rings (SSSR count). The van der Waals surface area contributed by atoms with Gasteiger partial charge in [-0.05, 0) is 12.2 Å². The Morgan fingerprint density at radius 2 is 2.38 bits per heavy atom. The minimum Gasteiger partial charge on any atom is -0.362 e. The summed E-state index contributed by atoms with van der Waals surface area (Å²) in [4.78, 5) is 0. The fourth-order valence-electron chi connectivity index (χ4n) is 0.594. The molecule has 1 fully saturated rings. The first kappa shape index (κ1) is 5.56. The Balaban J connectivity index is 2.45. The first-order chi connectivity index (χ1) is 3.79. The van der Waals surface area contributed by atoms with E-state index in [2.05, 4.69) is 17.2 Å². The topological polar surface area (TPSA) is 24.1 Å². The molecule has 2 N–H and O–H groups in total. The van der Waals surface area contributed by atoms with E-state index < -0.39 is 0 Å². The molecule has 0 aromatic rings. The quantitative estimate of drug-likeness (QED) is 0.461. The first-order valence-corrected chi connectivity index (χ1v) is 2.92. The van der Waals surface area contributed by atoms with Crippen molar-refractivity contribution in [3.05, 3.63) is 12.3 Å². The molecule has 0 atom stereocenters. The van der Waals surface area contributed by atoms with Gasteiger partial charge in [-0.15, -0.1) is 0 Å². The minimum atomic E-state index is 0.696. The van der Waals surface area contributed by atoms with E-state index in [4.69, 9.17) is 12.2 Å². The second kappa shape index (κ2) is 2.13. The lowest BCUT2D eigenvalue weighted by molar-refractivity contribution is 0.765. The Morgan fingerprint density at radius 3 is 2.75 bits per heavy atom. The van der Waals surface area contributed by atoms with Gasteiger partial charge < -0.3 is 10.6 Å². The Bertz CT molecular complexity index is 116. The highest BCUT2D eigenvalue weighted by molar-refractivity contribution is 7.80. The van der Waals surface area contributed by atoms with Crippen LogP contribution in [0.5, 0.6) is 0 Å². The van der Waals surface area contributed by atoms with E-state index >= 15 is 0 Å². The maximum Gasteiger partial charge on any atom is 0.170 e. The lowest BCUT2D eigenvalue weighted by Crippen LogP contribution is -2.40. The summed E-state index contributed by atoms with van der Waals surface area (Å²) in [5.41, 5.74) is 1.01. The molecule has 0 aromatic carbocycles. The highest BCUT2D eigenvalue weighted by Gasteiger charge is 2.03. The second-order valence-corrected chi connectivity index (χ2v) is 2.14. The zero-order valence-corrected chi connectivity index (χ0v) is 5.35. The predicted molar refractivity (Wildman–Crippen MR) is 37.5 cm³/mol. The first-order valence-electron chi connectivity index (χ1n) is 2.51. The molecule has 0 radical (unpaired) electrons. The van der Waals surface area contributed by atoms with Crippen molar-refractivity contribution in [3.8, 4) is 0 Å². The summed E-state index contributed by atoms with van der Waals surface area (Å²) in [5, 5.41) is 6.57. The van der Waals surface area contributed by atoms with E-state index in [-0.39, 0.29) is 0 Å². The van der Waals surface area contributed by atoms with E-state index in [1.165, 1.54) is 0 Å². The van der Waals surface area contributed by atoms with Crippen molar-refractivity contribution in [1.82, 2.24) is 10.6 Å². The molecule has 0 spiro atoms. The van der Waals surface area contributed by atoms with Crippen LogP contribution in [0.15, 0.2) is 12.3 Å². The Kier molecular flexibility index (Phi) is 1.48. The standard InChI is InChI=1S/C5H8N2S/c1-4-2-3-6-5(8)7-4/h1-3H2,(H2,6,7,8). The van der Waals surface area contributed by atoms with Gasteiger partial charge in [0.15, 0.2) is 5.11 Å². The fraction of sp³-hybridized carbons (Fsp3) is 0.400. The molecule has 44 valence electrons. The molecule has 1 aliphatic rings. The van der Waals surface area contributed by atoms with Gasteiger partial charge in [0, 0.05) is 18.7 Å². The van der Waals surface area contributed by atoms with Gasteiger partial charge in [-0.3, -0.25) is 0 Å². The smallest absolute Gasteiger partial charge is 0.170 e. The maximum absolute atomic E-state index is 4.80. The van der Waals surface area contributed by atoms with Crippen LogP contribution in [0.25, 0.3) is 0 Å². The average molecular weight is 128 g/mol. The third-order valence-corrected chi connectivity index (χ3v) is 1.25. The monoisotopic (exact) mass is 128 g/mol. The van der Waals surface area contributed by atoms with Crippen LogP contribution in [0, 0.1) is 0 Å². The summed E-state index contributed by atoms with van der Waals surface area (Å²) in [7, 11) is 0. The molecule has 0 amide bonds. The van der Waals surface area contributed by atoms with E-state index in [0.29, 0.717) is 5.11 Å². The SMILES string of the molecule is C=C1CCNC(=S)N1. The number of hydrogen-bond donors (Lipinski definition) is 2. The zero-order valence-electron chi connectivity index (χ0n) is 4.53. The number of thiocarbonyl (C=S) groups is 1. The van der Waals surface area contributed by atoms with E-state index in [9.17, 15) is 0 Å². The molecule has 1 heterocycles. The van der Waals surface area contributed by atoms with Gasteiger partial charge in [0.25, 0.3) is 0 Å². The third-order valence-electron chi connectivity index (χ3n) is 1.00. The van der Waals surface area contributed by atoms with Crippen molar-refractivity contribution in [1.29, 1.82) is 0 Å². The molecule has 3 heteroatoms. The van der Waals surface area contributed by atoms with Crippen LogP contribution >= 0.6 is 12.2 Å². The van der Waals surface area contributed by atoms with Crippen molar-refractivity contribution in [3.63, 3.8) is 0 Å². The van der Waals surface area contributed by atoms with Crippen LogP contribution in [0.1, 0.15) is 6.42 Å². The molecule has 8 heavy (non-hydrogen) atoms. The van der Waals surface area contributed by atoms with E-state index in [0.717, 1.165) is 18.7 Å². The Hall–Kier alpha value is -0.570. The van der Waals surface area contributed by atoms with E-state index in [1.807, 2.05) is 0 Å². The van der Waals surface area contributed by atoms with Gasteiger partial charge in [-0.25, -0.2) is 0 Å². The lowest BCUT2D eigenvalue weighted by Gasteiger charge is -2.17. The van der Waals surface area contributed by atoms with Crippen LogP contribution in [0.2, 0.25) is 0 Å². The van der Waals surface area contributed by atoms with Crippen LogP contribution in [0.3, 0.4) is 0 Å². The molecule has 2 nitrogen and oxygen atoms in total. The van der Waals surface area contributed by atoms with Crippen molar-refractivity contribution >= 4 is 17.3 Å². The number of nitrogens with one attached hydrogen (secondary N) is 2. The number of rotatable bonds is 0. The Morgan fingerprint density at radius 1 is 1.62 bits per heavy atom. The van der Waals surface area contributed by atoms with Crippen LogP contribution in [-0.2, 0) is 0 Å². The summed E-state index contributed by atoms with van der Waals surface area (Å²) >= 11 is 4.80. The molecular formula is C5H8N2S. The summed E-state index contributed by atoms with van der Waals surface area (Å²) in [5.74, 6) is 0. The molecule has 0 saturated carbocycles. The molecule has 0 aliphatic carbocycles. The van der Waals surface area contributed by atoms with Gasteiger partial charge >= 0.3 is 0 Å². The molecule has 0 aromatic heterocycles. The molecule has 1 aliphatic heterocycles. The van der Waals surface area contributed by atoms with Crippen LogP contribution in [0.4, 0.5) is 0 Å². The van der Waals surface area contributed by atoms with Gasteiger partial charge in [-0.1, -0.05) is 6.58 Å². The van der Waals surface area contributed by atoms with Crippen LogP contribution in [-0.4, -0.2) is 11.7 Å². The average Bonchev–Trinajstić information content (AvgIpc) is 1.64. The molecule has 0 bridgehead atoms. The second-order valence-electron chi connectivity index (χ2n) is 1.73. The Labute approximate surface area is 54.0 Å². The van der Waals surface area contributed by atoms with Crippen molar-refractivity contribution in [2.75, 3.05) is 6.54 Å². The number of hydrogen-bond acceptors (Lipinski definition) is 1. The minimum absolute atomic E-state index is 0.696. The lowest BCUT2D eigenvalue weighted by atomic mass is 10.3. The van der Waals surface area contributed by atoms with Crippen molar-refractivity contribution < 1.29 is 0 Å². The normalized spacial score (nSPS) is 19.5. The fourth-order valence-corrected chi connectivity index (χ4v) is 0.841.